The number of hydrogen-bond acceptors (Lipinski definition) is 5. The molecule has 1 aromatic rings. The Bertz CT molecular complexity index is 876. The van der Waals surface area contributed by atoms with Crippen molar-refractivity contribution in [1.29, 1.82) is 0 Å². The van der Waals surface area contributed by atoms with Gasteiger partial charge in [-0.3, -0.25) is 24.1 Å². The van der Waals surface area contributed by atoms with Crippen molar-refractivity contribution in [3.63, 3.8) is 0 Å². The van der Waals surface area contributed by atoms with Crippen LogP contribution in [0.15, 0.2) is 24.3 Å². The molecule has 2 fully saturated rings. The minimum Gasteiger partial charge on any atom is -0.480 e. The molecular weight excluding hydrogens is 430 g/mol. The summed E-state index contributed by atoms with van der Waals surface area (Å²) in [6.07, 6.45) is 0. The molecule has 0 aliphatic carbocycles. The smallest absolute Gasteiger partial charge is 0.321 e. The van der Waals surface area contributed by atoms with Gasteiger partial charge in [0.25, 0.3) is 0 Å². The number of anilines is 1. The fourth-order valence-electron chi connectivity index (χ4n) is 3.96. The zero-order valence-corrected chi connectivity index (χ0v) is 18.6. The second kappa shape index (κ2) is 8.47. The number of rotatable bonds is 6. The third-order valence-corrected chi connectivity index (χ3v) is 7.41. The maximum atomic E-state index is 13.0. The SMILES string of the molecule is CCN(CC)C(=O)C1(C(=O)O)CS[C@@H]2C(N(C(C)=O)c3ccc(Cl)cc3)C(=O)N2C1. The highest BCUT2D eigenvalue weighted by atomic mass is 35.5. The Morgan fingerprint density at radius 3 is 2.33 bits per heavy atom. The van der Waals surface area contributed by atoms with E-state index in [1.165, 1.54) is 33.4 Å². The lowest BCUT2D eigenvalue weighted by Gasteiger charge is -2.56. The van der Waals surface area contributed by atoms with E-state index in [4.69, 9.17) is 11.6 Å². The van der Waals surface area contributed by atoms with Gasteiger partial charge in [0.15, 0.2) is 5.41 Å². The third kappa shape index (κ3) is 3.54. The lowest BCUT2D eigenvalue weighted by atomic mass is 9.85. The van der Waals surface area contributed by atoms with E-state index in [0.717, 1.165) is 0 Å². The van der Waals surface area contributed by atoms with E-state index in [9.17, 15) is 24.3 Å². The number of β-lactam (4-membered cyclic amide) rings is 1. The summed E-state index contributed by atoms with van der Waals surface area (Å²) in [5, 5.41) is 10.0. The van der Waals surface area contributed by atoms with Gasteiger partial charge in [0.1, 0.15) is 11.4 Å². The maximum Gasteiger partial charge on any atom is 0.321 e. The van der Waals surface area contributed by atoms with Crippen molar-refractivity contribution in [1.82, 2.24) is 9.80 Å². The number of thioether (sulfide) groups is 1. The molecule has 162 valence electrons. The molecular formula is C20H24ClN3O5S. The first-order valence-electron chi connectivity index (χ1n) is 9.68. The fourth-order valence-corrected chi connectivity index (χ4v) is 5.66. The van der Waals surface area contributed by atoms with E-state index >= 15 is 0 Å². The van der Waals surface area contributed by atoms with Gasteiger partial charge in [-0.15, -0.1) is 11.8 Å². The number of carbonyl (C=O) groups is 4. The molecule has 0 saturated carbocycles. The van der Waals surface area contributed by atoms with Crippen LogP contribution in [0.2, 0.25) is 5.02 Å². The highest BCUT2D eigenvalue weighted by molar-refractivity contribution is 8.00. The fraction of sp³-hybridized carbons (Fsp3) is 0.500. The van der Waals surface area contributed by atoms with Crippen LogP contribution < -0.4 is 4.90 Å². The van der Waals surface area contributed by atoms with Crippen LogP contribution in [0.5, 0.6) is 0 Å². The van der Waals surface area contributed by atoms with Gasteiger partial charge in [-0.05, 0) is 38.1 Å². The van der Waals surface area contributed by atoms with Gasteiger partial charge in [0.05, 0.1) is 0 Å². The monoisotopic (exact) mass is 453 g/mol. The Morgan fingerprint density at radius 1 is 1.23 bits per heavy atom. The highest BCUT2D eigenvalue weighted by Crippen LogP contribution is 2.45. The number of fused-ring (bicyclic) bond motifs is 1. The molecule has 1 N–H and O–H groups in total. The summed E-state index contributed by atoms with van der Waals surface area (Å²) < 4.78 is 0. The molecule has 10 heteroatoms. The van der Waals surface area contributed by atoms with E-state index in [0.29, 0.717) is 23.8 Å². The topological polar surface area (TPSA) is 98.2 Å². The largest absolute Gasteiger partial charge is 0.480 e. The minimum atomic E-state index is -1.69. The van der Waals surface area contributed by atoms with E-state index < -0.39 is 28.7 Å². The molecule has 2 saturated heterocycles. The van der Waals surface area contributed by atoms with Crippen molar-refractivity contribution in [3.05, 3.63) is 29.3 Å². The Hall–Kier alpha value is -2.26. The van der Waals surface area contributed by atoms with Crippen LogP contribution in [-0.4, -0.2) is 75.4 Å². The summed E-state index contributed by atoms with van der Waals surface area (Å²) >= 11 is 7.16. The Kier molecular flexibility index (Phi) is 6.33. The molecule has 2 heterocycles. The van der Waals surface area contributed by atoms with Crippen LogP contribution >= 0.6 is 23.4 Å². The van der Waals surface area contributed by atoms with Crippen LogP contribution in [0.4, 0.5) is 5.69 Å². The van der Waals surface area contributed by atoms with Crippen LogP contribution in [-0.2, 0) is 19.2 Å². The van der Waals surface area contributed by atoms with Gasteiger partial charge in [0, 0.05) is 43.0 Å². The number of amides is 3. The van der Waals surface area contributed by atoms with Gasteiger partial charge < -0.3 is 14.9 Å². The van der Waals surface area contributed by atoms with Gasteiger partial charge in [-0.25, -0.2) is 0 Å². The number of carboxylic acids is 1. The molecule has 2 unspecified atom stereocenters. The molecule has 0 aromatic heterocycles. The van der Waals surface area contributed by atoms with Crippen molar-refractivity contribution in [2.45, 2.75) is 32.2 Å². The summed E-state index contributed by atoms with van der Waals surface area (Å²) in [6.45, 7) is 5.54. The zero-order chi connectivity index (χ0) is 22.2. The molecule has 8 nitrogen and oxygen atoms in total. The number of carboxylic acid groups (broad SMARTS) is 1. The van der Waals surface area contributed by atoms with Gasteiger partial charge in [-0.2, -0.15) is 0 Å². The summed E-state index contributed by atoms with van der Waals surface area (Å²) in [5.41, 5.74) is -1.14. The predicted octanol–water partition coefficient (Wildman–Crippen LogP) is 1.92. The first-order valence-corrected chi connectivity index (χ1v) is 11.1. The van der Waals surface area contributed by atoms with E-state index in [1.54, 1.807) is 38.1 Å². The lowest BCUT2D eigenvalue weighted by molar-refractivity contribution is -0.165. The second-order valence-electron chi connectivity index (χ2n) is 7.34. The quantitative estimate of drug-likeness (QED) is 0.522. The molecule has 2 aliphatic heterocycles. The second-order valence-corrected chi connectivity index (χ2v) is 8.88. The summed E-state index contributed by atoms with van der Waals surface area (Å²) in [5.74, 6) is -2.35. The number of aliphatic carboxylic acids is 1. The van der Waals surface area contributed by atoms with Crippen LogP contribution in [0.3, 0.4) is 0 Å². The van der Waals surface area contributed by atoms with Crippen molar-refractivity contribution < 1.29 is 24.3 Å². The van der Waals surface area contributed by atoms with Gasteiger partial charge in [-0.1, -0.05) is 11.6 Å². The summed E-state index contributed by atoms with van der Waals surface area (Å²) in [4.78, 5) is 54.8. The van der Waals surface area contributed by atoms with Crippen molar-refractivity contribution in [3.8, 4) is 0 Å². The molecule has 3 rings (SSSR count). The number of halogens is 1. The van der Waals surface area contributed by atoms with Crippen LogP contribution in [0, 0.1) is 5.41 Å². The lowest BCUT2D eigenvalue weighted by Crippen LogP contribution is -2.75. The van der Waals surface area contributed by atoms with Crippen molar-refractivity contribution in [2.75, 3.05) is 30.3 Å². The highest BCUT2D eigenvalue weighted by Gasteiger charge is 2.62. The first-order chi connectivity index (χ1) is 14.2. The molecule has 2 aliphatic rings. The Morgan fingerprint density at radius 2 is 1.83 bits per heavy atom. The van der Waals surface area contributed by atoms with Crippen LogP contribution in [0.25, 0.3) is 0 Å². The van der Waals surface area contributed by atoms with Crippen molar-refractivity contribution >= 4 is 52.7 Å². The third-order valence-electron chi connectivity index (χ3n) is 5.65. The average molecular weight is 454 g/mol. The standard InChI is InChI=1S/C20H24ClN3O5S/c1-4-22(5-2)18(27)20(19(28)29)10-23-16(26)15(17(23)30-11-20)24(12(3)25)14-8-6-13(21)7-9-14/h6-9,15,17H,4-5,10-11H2,1-3H3,(H,28,29)/t15?,17-,20?/m1/s1. The molecule has 30 heavy (non-hydrogen) atoms. The minimum absolute atomic E-state index is 0.0367. The molecule has 3 atom stereocenters. The molecule has 1 aromatic carbocycles. The van der Waals surface area contributed by atoms with Crippen LogP contribution in [0.1, 0.15) is 20.8 Å². The Balaban J connectivity index is 1.87. The summed E-state index contributed by atoms with van der Waals surface area (Å²) in [7, 11) is 0. The molecule has 3 amide bonds. The van der Waals surface area contributed by atoms with Crippen molar-refractivity contribution in [2.24, 2.45) is 5.41 Å². The normalized spacial score (nSPS) is 25.2. The van der Waals surface area contributed by atoms with Gasteiger partial charge in [0.2, 0.25) is 17.7 Å². The van der Waals surface area contributed by atoms with E-state index in [-0.39, 0.29) is 24.1 Å². The molecule has 0 spiro atoms. The Labute approximate surface area is 184 Å². The molecule has 0 bridgehead atoms. The first kappa shape index (κ1) is 22.4. The number of nitrogens with zero attached hydrogens (tertiary/aromatic N) is 3. The number of hydrogen-bond donors (Lipinski definition) is 1. The summed E-state index contributed by atoms with van der Waals surface area (Å²) in [6, 6.07) is 5.86. The maximum absolute atomic E-state index is 13.0. The predicted molar refractivity (Wildman–Crippen MR) is 114 cm³/mol. The van der Waals surface area contributed by atoms with E-state index in [2.05, 4.69) is 0 Å². The van der Waals surface area contributed by atoms with Gasteiger partial charge >= 0.3 is 5.97 Å². The van der Waals surface area contributed by atoms with E-state index in [1.807, 2.05) is 0 Å². The number of benzene rings is 1. The zero-order valence-electron chi connectivity index (χ0n) is 17.0. The molecule has 0 radical (unpaired) electrons. The number of carbonyl (C=O) groups excluding carboxylic acids is 3. The average Bonchev–Trinajstić information content (AvgIpc) is 2.72.